The molecule has 23 heavy (non-hydrogen) atoms. The third kappa shape index (κ3) is 5.98. The van der Waals surface area contributed by atoms with Gasteiger partial charge in [-0.1, -0.05) is 30.3 Å². The molecule has 2 rings (SSSR count). The lowest BCUT2D eigenvalue weighted by molar-refractivity contribution is 0.203. The molecule has 0 aliphatic rings. The summed E-state index contributed by atoms with van der Waals surface area (Å²) < 4.78 is 18.3. The van der Waals surface area contributed by atoms with Crippen LogP contribution >= 0.6 is 0 Å². The van der Waals surface area contributed by atoms with Crippen LogP contribution in [0.5, 0.6) is 5.75 Å². The number of hydrogen-bond donors (Lipinski definition) is 1. The van der Waals surface area contributed by atoms with Gasteiger partial charge in [0.05, 0.1) is 6.61 Å². The van der Waals surface area contributed by atoms with Crippen molar-refractivity contribution >= 4 is 6.03 Å². The highest BCUT2D eigenvalue weighted by Gasteiger charge is 2.07. The second kappa shape index (κ2) is 8.78. The van der Waals surface area contributed by atoms with Gasteiger partial charge in [-0.15, -0.1) is 0 Å². The van der Waals surface area contributed by atoms with Gasteiger partial charge in [0.15, 0.2) is 0 Å². The first-order valence-corrected chi connectivity index (χ1v) is 7.56. The lowest BCUT2D eigenvalue weighted by atomic mass is 10.2. The minimum absolute atomic E-state index is 0.115. The number of carbonyl (C=O) groups excluding carboxylic acids is 1. The van der Waals surface area contributed by atoms with Crippen LogP contribution in [0, 0.1) is 5.82 Å². The number of carbonyl (C=O) groups is 1. The summed E-state index contributed by atoms with van der Waals surface area (Å²) in [6.07, 6.45) is 0.701. The molecule has 2 amide bonds. The Kier molecular flexibility index (Phi) is 6.41. The zero-order valence-electron chi connectivity index (χ0n) is 13.2. The molecule has 122 valence electrons. The molecule has 4 nitrogen and oxygen atoms in total. The van der Waals surface area contributed by atoms with Crippen molar-refractivity contribution in [3.63, 3.8) is 0 Å². The maximum atomic E-state index is 12.8. The molecule has 2 aromatic carbocycles. The van der Waals surface area contributed by atoms with Crippen LogP contribution < -0.4 is 10.1 Å². The van der Waals surface area contributed by atoms with E-state index in [1.165, 1.54) is 12.1 Å². The summed E-state index contributed by atoms with van der Waals surface area (Å²) in [5, 5.41) is 2.87. The maximum absolute atomic E-state index is 12.8. The van der Waals surface area contributed by atoms with Crippen molar-refractivity contribution in [1.82, 2.24) is 10.2 Å². The molecule has 0 saturated heterocycles. The lowest BCUT2D eigenvalue weighted by Crippen LogP contribution is -2.37. The van der Waals surface area contributed by atoms with Crippen molar-refractivity contribution in [2.24, 2.45) is 0 Å². The third-order valence-electron chi connectivity index (χ3n) is 3.35. The predicted molar refractivity (Wildman–Crippen MR) is 87.8 cm³/mol. The fraction of sp³-hybridized carbons (Fsp3) is 0.278. The van der Waals surface area contributed by atoms with Crippen LogP contribution in [0.3, 0.4) is 0 Å². The van der Waals surface area contributed by atoms with E-state index in [2.05, 4.69) is 5.32 Å². The van der Waals surface area contributed by atoms with E-state index in [1.807, 2.05) is 30.3 Å². The van der Waals surface area contributed by atoms with Gasteiger partial charge in [-0.05, 0) is 36.2 Å². The number of nitrogens with one attached hydrogen (secondary N) is 1. The molecule has 0 atom stereocenters. The smallest absolute Gasteiger partial charge is 0.317 e. The fourth-order valence-corrected chi connectivity index (χ4v) is 2.03. The molecule has 0 aliphatic carbocycles. The van der Waals surface area contributed by atoms with E-state index < -0.39 is 0 Å². The van der Waals surface area contributed by atoms with Gasteiger partial charge in [0, 0.05) is 20.1 Å². The van der Waals surface area contributed by atoms with Crippen molar-refractivity contribution in [2.45, 2.75) is 13.0 Å². The number of rotatable bonds is 7. The summed E-state index contributed by atoms with van der Waals surface area (Å²) in [6.45, 7) is 1.57. The van der Waals surface area contributed by atoms with Crippen molar-refractivity contribution in [2.75, 3.05) is 20.2 Å². The Balaban J connectivity index is 1.63. The quantitative estimate of drug-likeness (QED) is 0.795. The normalized spacial score (nSPS) is 10.2. The Morgan fingerprint density at radius 2 is 1.83 bits per heavy atom. The zero-order chi connectivity index (χ0) is 16.5. The molecule has 0 spiro atoms. The topological polar surface area (TPSA) is 41.6 Å². The molecular formula is C18H21FN2O2. The summed E-state index contributed by atoms with van der Waals surface area (Å²) >= 11 is 0. The predicted octanol–water partition coefficient (Wildman–Crippen LogP) is 3.44. The third-order valence-corrected chi connectivity index (χ3v) is 3.35. The van der Waals surface area contributed by atoms with Crippen molar-refractivity contribution in [1.29, 1.82) is 0 Å². The SMILES string of the molecule is CN(CCCOc1ccc(F)cc1)C(=O)NCc1ccccc1. The van der Waals surface area contributed by atoms with Crippen LogP contribution in [0.2, 0.25) is 0 Å². The van der Waals surface area contributed by atoms with Crippen LogP contribution in [0.4, 0.5) is 9.18 Å². The Morgan fingerprint density at radius 1 is 1.13 bits per heavy atom. The highest BCUT2D eigenvalue weighted by Crippen LogP contribution is 2.11. The molecule has 0 radical (unpaired) electrons. The lowest BCUT2D eigenvalue weighted by Gasteiger charge is -2.18. The molecule has 0 heterocycles. The molecule has 0 aliphatic heterocycles. The van der Waals surface area contributed by atoms with E-state index in [-0.39, 0.29) is 11.8 Å². The average Bonchev–Trinajstić information content (AvgIpc) is 2.59. The highest BCUT2D eigenvalue weighted by molar-refractivity contribution is 5.73. The van der Waals surface area contributed by atoms with E-state index in [9.17, 15) is 9.18 Å². The summed E-state index contributed by atoms with van der Waals surface area (Å²) in [7, 11) is 1.75. The molecule has 2 aromatic rings. The molecule has 0 unspecified atom stereocenters. The van der Waals surface area contributed by atoms with Crippen LogP contribution in [0.25, 0.3) is 0 Å². The van der Waals surface area contributed by atoms with Crippen molar-refractivity contribution in [3.05, 3.63) is 66.0 Å². The van der Waals surface area contributed by atoms with E-state index in [0.717, 1.165) is 5.56 Å². The number of halogens is 1. The Morgan fingerprint density at radius 3 is 2.52 bits per heavy atom. The van der Waals surface area contributed by atoms with E-state index in [4.69, 9.17) is 4.74 Å². The number of benzene rings is 2. The zero-order valence-corrected chi connectivity index (χ0v) is 13.2. The number of urea groups is 1. The Hall–Kier alpha value is -2.56. The van der Waals surface area contributed by atoms with Gasteiger partial charge in [0.1, 0.15) is 11.6 Å². The van der Waals surface area contributed by atoms with Crippen molar-refractivity contribution < 1.29 is 13.9 Å². The molecule has 0 bridgehead atoms. The van der Waals surface area contributed by atoms with Crippen LogP contribution in [-0.2, 0) is 6.54 Å². The molecular weight excluding hydrogens is 295 g/mol. The Labute approximate surface area is 135 Å². The number of amides is 2. The molecule has 5 heteroatoms. The Bertz CT molecular complexity index is 602. The first-order chi connectivity index (χ1) is 11.1. The van der Waals surface area contributed by atoms with Gasteiger partial charge >= 0.3 is 6.03 Å². The van der Waals surface area contributed by atoms with Gasteiger partial charge in [-0.3, -0.25) is 0 Å². The number of hydrogen-bond acceptors (Lipinski definition) is 2. The maximum Gasteiger partial charge on any atom is 0.317 e. The fourth-order valence-electron chi connectivity index (χ4n) is 2.03. The van der Waals surface area contributed by atoms with E-state index in [1.54, 1.807) is 24.1 Å². The van der Waals surface area contributed by atoms with Crippen LogP contribution in [0.15, 0.2) is 54.6 Å². The molecule has 0 fully saturated rings. The van der Waals surface area contributed by atoms with Crippen LogP contribution in [-0.4, -0.2) is 31.1 Å². The summed E-state index contributed by atoms with van der Waals surface area (Å²) in [4.78, 5) is 13.6. The van der Waals surface area contributed by atoms with Gasteiger partial charge in [-0.2, -0.15) is 0 Å². The summed E-state index contributed by atoms with van der Waals surface area (Å²) in [5.41, 5.74) is 1.06. The minimum atomic E-state index is -0.285. The van der Waals surface area contributed by atoms with E-state index >= 15 is 0 Å². The molecule has 1 N–H and O–H groups in total. The first-order valence-electron chi connectivity index (χ1n) is 7.56. The highest BCUT2D eigenvalue weighted by atomic mass is 19.1. The first kappa shape index (κ1) is 16.8. The summed E-state index contributed by atoms with van der Waals surface area (Å²) in [6, 6.07) is 15.5. The molecule has 0 aromatic heterocycles. The summed E-state index contributed by atoms with van der Waals surface area (Å²) in [5.74, 6) is 0.342. The van der Waals surface area contributed by atoms with Crippen molar-refractivity contribution in [3.8, 4) is 5.75 Å². The van der Waals surface area contributed by atoms with Gasteiger partial charge in [0.2, 0.25) is 0 Å². The monoisotopic (exact) mass is 316 g/mol. The van der Waals surface area contributed by atoms with Gasteiger partial charge in [0.25, 0.3) is 0 Å². The number of ether oxygens (including phenoxy) is 1. The standard InChI is InChI=1S/C18H21FN2O2/c1-21(18(22)20-14-15-6-3-2-4-7-15)12-5-13-23-17-10-8-16(19)9-11-17/h2-4,6-11H,5,12-14H2,1H3,(H,20,22). The largest absolute Gasteiger partial charge is 0.494 e. The van der Waals surface area contributed by atoms with Gasteiger partial charge < -0.3 is 15.0 Å². The second-order valence-corrected chi connectivity index (χ2v) is 5.22. The molecule has 0 saturated carbocycles. The van der Waals surface area contributed by atoms with Crippen LogP contribution in [0.1, 0.15) is 12.0 Å². The minimum Gasteiger partial charge on any atom is -0.494 e. The van der Waals surface area contributed by atoms with E-state index in [0.29, 0.717) is 31.9 Å². The average molecular weight is 316 g/mol. The van der Waals surface area contributed by atoms with Gasteiger partial charge in [-0.25, -0.2) is 9.18 Å². The number of nitrogens with zero attached hydrogens (tertiary/aromatic N) is 1. The second-order valence-electron chi connectivity index (χ2n) is 5.22.